The average molecular weight is 172 g/mol. The van der Waals surface area contributed by atoms with E-state index in [1.165, 1.54) is 6.34 Å². The smallest absolute Gasteiger partial charge is 0.435 e. The summed E-state index contributed by atoms with van der Waals surface area (Å²) in [5.41, 5.74) is 3.65. The lowest BCUT2D eigenvalue weighted by molar-refractivity contribution is 0.0349. The highest BCUT2D eigenvalue weighted by atomic mass is 16.7. The molecule has 0 amide bonds. The van der Waals surface area contributed by atoms with Crippen LogP contribution >= 0.6 is 0 Å². The van der Waals surface area contributed by atoms with Crippen LogP contribution in [0.3, 0.4) is 0 Å². The van der Waals surface area contributed by atoms with Crippen molar-refractivity contribution in [1.82, 2.24) is 10.3 Å². The van der Waals surface area contributed by atoms with Gasteiger partial charge in [-0.25, -0.2) is 4.79 Å². The quantitative estimate of drug-likeness (QED) is 0.559. The maximum Gasteiger partial charge on any atom is 0.509 e. The van der Waals surface area contributed by atoms with Gasteiger partial charge in [0, 0.05) is 0 Å². The zero-order valence-electron chi connectivity index (χ0n) is 6.77. The highest BCUT2D eigenvalue weighted by Gasteiger charge is 2.09. The van der Waals surface area contributed by atoms with Gasteiger partial charge in [0.25, 0.3) is 0 Å². The number of rotatable bonds is 3. The van der Waals surface area contributed by atoms with Crippen molar-refractivity contribution in [3.05, 3.63) is 0 Å². The lowest BCUT2D eigenvalue weighted by atomic mass is 10.8. The Morgan fingerprint density at radius 1 is 1.67 bits per heavy atom. The fourth-order valence-corrected chi connectivity index (χ4v) is 0.633. The summed E-state index contributed by atoms with van der Waals surface area (Å²) in [5, 5.41) is 3.58. The molecule has 0 aromatic heterocycles. The molecule has 0 atom stereocenters. The predicted octanol–water partition coefficient (Wildman–Crippen LogP) is -0.0622. The highest BCUT2D eigenvalue weighted by Crippen LogP contribution is 1.92. The van der Waals surface area contributed by atoms with Crippen molar-refractivity contribution in [3.8, 4) is 0 Å². The molecule has 1 aliphatic rings. The van der Waals surface area contributed by atoms with Crippen LogP contribution < -0.4 is 5.43 Å². The summed E-state index contributed by atoms with van der Waals surface area (Å²) >= 11 is 0. The molecule has 1 heterocycles. The van der Waals surface area contributed by atoms with E-state index < -0.39 is 6.16 Å². The molecule has 6 heteroatoms. The number of hydrogen-bond acceptors (Lipinski definition) is 5. The van der Waals surface area contributed by atoms with Crippen molar-refractivity contribution in [3.63, 3.8) is 0 Å². The Hall–Kier alpha value is -1.46. The molecule has 1 aliphatic heterocycles. The van der Waals surface area contributed by atoms with E-state index in [9.17, 15) is 4.79 Å². The predicted molar refractivity (Wildman–Crippen MR) is 40.3 cm³/mol. The molecule has 0 fully saturated rings. The van der Waals surface area contributed by atoms with Gasteiger partial charge >= 0.3 is 6.16 Å². The molecule has 0 unspecified atom stereocenters. The average Bonchev–Trinajstić information content (AvgIpc) is 2.53. The summed E-state index contributed by atoms with van der Waals surface area (Å²) in [6.45, 7) is 2.59. The molecule has 0 bridgehead atoms. The minimum Gasteiger partial charge on any atom is -0.435 e. The molecule has 1 rings (SSSR count). The number of hydrogen-bond donors (Lipinski definition) is 0. The molecular formula is C6H10N3O3. The molecule has 67 valence electrons. The van der Waals surface area contributed by atoms with E-state index in [-0.39, 0.29) is 6.73 Å². The van der Waals surface area contributed by atoms with Crippen molar-refractivity contribution in [1.29, 1.82) is 0 Å². The molecule has 0 spiro atoms. The highest BCUT2D eigenvalue weighted by molar-refractivity contribution is 5.60. The topological polar surface area (TPSA) is 65.2 Å². The lowest BCUT2D eigenvalue weighted by Crippen LogP contribution is -2.26. The van der Waals surface area contributed by atoms with E-state index in [0.717, 1.165) is 0 Å². The monoisotopic (exact) mass is 172 g/mol. The first-order valence-corrected chi connectivity index (χ1v) is 3.56. The molecular weight excluding hydrogens is 162 g/mol. The summed E-state index contributed by atoms with van der Waals surface area (Å²) in [6, 6.07) is 0. The maximum atomic E-state index is 10.7. The standard InChI is InChI=1S/C6H10N3O3/c1-2-11-6(10)12-5-9-3-7-8-4-9/h3H,2,4-5H2,1H3. The molecule has 12 heavy (non-hydrogen) atoms. The minimum absolute atomic E-state index is 0.131. The fraction of sp³-hybridized carbons (Fsp3) is 0.667. The normalized spacial score (nSPS) is 14.2. The minimum atomic E-state index is -0.669. The van der Waals surface area contributed by atoms with Crippen molar-refractivity contribution < 1.29 is 14.3 Å². The van der Waals surface area contributed by atoms with E-state index in [4.69, 9.17) is 0 Å². The SMILES string of the molecule is CCOC(=O)OCN1C=N[N]C1. The fourth-order valence-electron chi connectivity index (χ4n) is 0.633. The zero-order chi connectivity index (χ0) is 8.81. The second-order valence-corrected chi connectivity index (χ2v) is 2.06. The van der Waals surface area contributed by atoms with Crippen LogP contribution in [-0.2, 0) is 9.47 Å². The Labute approximate surface area is 70.1 Å². The molecule has 0 saturated carbocycles. The number of carbonyl (C=O) groups is 1. The Kier molecular flexibility index (Phi) is 3.18. The van der Waals surface area contributed by atoms with Gasteiger partial charge in [-0.1, -0.05) is 0 Å². The van der Waals surface area contributed by atoms with Gasteiger partial charge in [-0.3, -0.25) is 0 Å². The van der Waals surface area contributed by atoms with Crippen LogP contribution in [0, 0.1) is 0 Å². The Morgan fingerprint density at radius 3 is 3.08 bits per heavy atom. The number of nitrogens with zero attached hydrogens (tertiary/aromatic N) is 3. The van der Waals surface area contributed by atoms with Gasteiger partial charge < -0.3 is 14.4 Å². The van der Waals surface area contributed by atoms with Crippen LogP contribution in [-0.4, -0.2) is 37.4 Å². The molecule has 0 N–H and O–H groups in total. The summed E-state index contributed by atoms with van der Waals surface area (Å²) in [7, 11) is 0. The van der Waals surface area contributed by atoms with Crippen LogP contribution in [0.25, 0.3) is 0 Å². The van der Waals surface area contributed by atoms with E-state index in [1.54, 1.807) is 11.8 Å². The van der Waals surface area contributed by atoms with Crippen LogP contribution in [0.15, 0.2) is 5.10 Å². The molecule has 6 nitrogen and oxygen atoms in total. The molecule has 0 aromatic carbocycles. The Balaban J connectivity index is 2.08. The summed E-state index contributed by atoms with van der Waals surface area (Å²) < 4.78 is 9.22. The third-order valence-corrected chi connectivity index (χ3v) is 1.15. The van der Waals surface area contributed by atoms with Crippen LogP contribution in [0.1, 0.15) is 6.92 Å². The zero-order valence-corrected chi connectivity index (χ0v) is 6.77. The third-order valence-electron chi connectivity index (χ3n) is 1.15. The van der Waals surface area contributed by atoms with E-state index in [0.29, 0.717) is 13.3 Å². The van der Waals surface area contributed by atoms with Crippen molar-refractivity contribution in [2.24, 2.45) is 5.10 Å². The summed E-state index contributed by atoms with van der Waals surface area (Å²) in [4.78, 5) is 12.3. The van der Waals surface area contributed by atoms with Gasteiger partial charge in [0.2, 0.25) is 0 Å². The van der Waals surface area contributed by atoms with E-state index in [2.05, 4.69) is 20.0 Å². The number of carbonyl (C=O) groups excluding carboxylic acids is 1. The molecule has 1 radical (unpaired) electrons. The van der Waals surface area contributed by atoms with Gasteiger partial charge in [-0.15, -0.1) is 5.10 Å². The van der Waals surface area contributed by atoms with E-state index in [1.807, 2.05) is 0 Å². The van der Waals surface area contributed by atoms with Crippen molar-refractivity contribution in [2.45, 2.75) is 6.92 Å². The van der Waals surface area contributed by atoms with Crippen LogP contribution in [0.2, 0.25) is 0 Å². The molecule has 0 aromatic rings. The van der Waals surface area contributed by atoms with Crippen LogP contribution in [0.5, 0.6) is 0 Å². The number of ether oxygens (including phenoxy) is 2. The second kappa shape index (κ2) is 4.42. The van der Waals surface area contributed by atoms with Gasteiger partial charge in [0.05, 0.1) is 6.61 Å². The summed E-state index contributed by atoms with van der Waals surface area (Å²) in [5.74, 6) is 0. The first kappa shape index (κ1) is 8.63. The second-order valence-electron chi connectivity index (χ2n) is 2.06. The van der Waals surface area contributed by atoms with Gasteiger partial charge in [-0.05, 0) is 6.92 Å². The molecule has 0 aliphatic carbocycles. The van der Waals surface area contributed by atoms with Crippen LogP contribution in [0.4, 0.5) is 4.79 Å². The van der Waals surface area contributed by atoms with E-state index >= 15 is 0 Å². The Morgan fingerprint density at radius 2 is 2.50 bits per heavy atom. The Bertz CT molecular complexity index is 183. The summed E-state index contributed by atoms with van der Waals surface area (Å²) in [6.07, 6.45) is 0.831. The van der Waals surface area contributed by atoms with Gasteiger partial charge in [-0.2, -0.15) is 5.43 Å². The first-order chi connectivity index (χ1) is 5.83. The van der Waals surface area contributed by atoms with Gasteiger partial charge in [0.15, 0.2) is 6.73 Å². The van der Waals surface area contributed by atoms with Crippen molar-refractivity contribution >= 4 is 12.5 Å². The van der Waals surface area contributed by atoms with Crippen molar-refractivity contribution in [2.75, 3.05) is 20.0 Å². The van der Waals surface area contributed by atoms with Gasteiger partial charge in [0.1, 0.15) is 13.0 Å². The largest absolute Gasteiger partial charge is 0.509 e. The third kappa shape index (κ3) is 2.65. The molecule has 0 saturated heterocycles. The lowest BCUT2D eigenvalue weighted by Gasteiger charge is -2.11. The first-order valence-electron chi connectivity index (χ1n) is 3.56. The maximum absolute atomic E-state index is 10.7.